The van der Waals surface area contributed by atoms with Gasteiger partial charge in [-0.05, 0) is 24.3 Å². The molecular formula is C20H20F2N4O4. The van der Waals surface area contributed by atoms with E-state index in [2.05, 4.69) is 0 Å². The summed E-state index contributed by atoms with van der Waals surface area (Å²) in [6.45, 7) is 0.833. The summed E-state index contributed by atoms with van der Waals surface area (Å²) in [6, 6.07) is 7.06. The molecule has 3 rings (SSSR count). The van der Waals surface area contributed by atoms with Crippen molar-refractivity contribution in [2.24, 2.45) is 0 Å². The van der Waals surface area contributed by atoms with Gasteiger partial charge in [0.1, 0.15) is 0 Å². The van der Waals surface area contributed by atoms with Gasteiger partial charge in [-0.3, -0.25) is 19.7 Å². The molecule has 0 aromatic heterocycles. The summed E-state index contributed by atoms with van der Waals surface area (Å²) in [5, 5.41) is 11.1. The molecule has 1 saturated heterocycles. The molecule has 8 nitrogen and oxygen atoms in total. The Kier molecular flexibility index (Phi) is 5.95. The Morgan fingerprint density at radius 3 is 2.07 bits per heavy atom. The van der Waals surface area contributed by atoms with Gasteiger partial charge in [-0.15, -0.1) is 0 Å². The molecule has 0 unspecified atom stereocenters. The Morgan fingerprint density at radius 2 is 1.53 bits per heavy atom. The van der Waals surface area contributed by atoms with E-state index < -0.39 is 22.5 Å². The number of carbonyl (C=O) groups is 2. The van der Waals surface area contributed by atoms with Crippen LogP contribution in [0.5, 0.6) is 0 Å². The van der Waals surface area contributed by atoms with E-state index in [-0.39, 0.29) is 48.9 Å². The van der Waals surface area contributed by atoms with Gasteiger partial charge in [0.25, 0.3) is 17.5 Å². The Bertz CT molecular complexity index is 1000. The third-order valence-electron chi connectivity index (χ3n) is 4.92. The molecule has 2 aromatic rings. The van der Waals surface area contributed by atoms with Crippen molar-refractivity contribution >= 4 is 23.2 Å². The van der Waals surface area contributed by atoms with Gasteiger partial charge in [-0.25, -0.2) is 8.78 Å². The lowest BCUT2D eigenvalue weighted by molar-refractivity contribution is -0.384. The van der Waals surface area contributed by atoms with E-state index in [1.165, 1.54) is 34.1 Å². The van der Waals surface area contributed by atoms with Crippen molar-refractivity contribution in [2.45, 2.75) is 0 Å². The maximum Gasteiger partial charge on any atom is 0.270 e. The second kappa shape index (κ2) is 8.44. The lowest BCUT2D eigenvalue weighted by Gasteiger charge is -2.35. The van der Waals surface area contributed by atoms with Crippen LogP contribution in [0.3, 0.4) is 0 Å². The topological polar surface area (TPSA) is 87.0 Å². The molecule has 158 valence electrons. The van der Waals surface area contributed by atoms with Crippen molar-refractivity contribution in [3.8, 4) is 0 Å². The average molecular weight is 418 g/mol. The number of nitro benzene ring substituents is 1. The van der Waals surface area contributed by atoms with Gasteiger partial charge in [0.2, 0.25) is 0 Å². The highest BCUT2D eigenvalue weighted by atomic mass is 19.2. The molecule has 10 heteroatoms. The highest BCUT2D eigenvalue weighted by molar-refractivity contribution is 6.01. The first-order valence-electron chi connectivity index (χ1n) is 9.18. The number of nitro groups is 1. The number of nitrogens with zero attached hydrogens (tertiary/aromatic N) is 4. The minimum Gasteiger partial charge on any atom is -0.377 e. The summed E-state index contributed by atoms with van der Waals surface area (Å²) in [5.74, 6) is -2.96. The second-order valence-electron chi connectivity index (χ2n) is 7.07. The van der Waals surface area contributed by atoms with Gasteiger partial charge < -0.3 is 14.7 Å². The van der Waals surface area contributed by atoms with Crippen molar-refractivity contribution in [1.29, 1.82) is 0 Å². The largest absolute Gasteiger partial charge is 0.377 e. The van der Waals surface area contributed by atoms with Gasteiger partial charge >= 0.3 is 0 Å². The first kappa shape index (κ1) is 21.2. The van der Waals surface area contributed by atoms with Crippen LogP contribution in [-0.4, -0.2) is 66.8 Å². The Balaban J connectivity index is 1.74. The minimum absolute atomic E-state index is 0.0299. The summed E-state index contributed by atoms with van der Waals surface area (Å²) in [7, 11) is 3.47. The van der Waals surface area contributed by atoms with E-state index in [9.17, 15) is 28.5 Å². The first-order chi connectivity index (χ1) is 14.2. The number of piperazine rings is 1. The van der Waals surface area contributed by atoms with Gasteiger partial charge in [-0.2, -0.15) is 0 Å². The van der Waals surface area contributed by atoms with Crippen LogP contribution in [0.1, 0.15) is 20.7 Å². The van der Waals surface area contributed by atoms with E-state index >= 15 is 0 Å². The molecule has 0 aliphatic carbocycles. The predicted octanol–water partition coefficient (Wildman–Crippen LogP) is 2.54. The molecule has 1 aliphatic heterocycles. The van der Waals surface area contributed by atoms with Crippen LogP contribution < -0.4 is 4.90 Å². The fourth-order valence-corrected chi connectivity index (χ4v) is 3.29. The minimum atomic E-state index is -1.10. The number of non-ortho nitro benzene ring substituents is 1. The van der Waals surface area contributed by atoms with E-state index in [0.29, 0.717) is 5.69 Å². The zero-order valence-corrected chi connectivity index (χ0v) is 16.5. The molecule has 0 N–H and O–H groups in total. The van der Waals surface area contributed by atoms with Gasteiger partial charge in [0, 0.05) is 63.7 Å². The molecule has 0 atom stereocenters. The molecule has 1 aliphatic rings. The number of carbonyl (C=O) groups excluding carboxylic acids is 2. The maximum absolute atomic E-state index is 13.4. The van der Waals surface area contributed by atoms with Crippen LogP contribution in [0.2, 0.25) is 0 Å². The van der Waals surface area contributed by atoms with Crippen LogP contribution in [0, 0.1) is 21.7 Å². The summed E-state index contributed by atoms with van der Waals surface area (Å²) < 4.78 is 26.5. The van der Waals surface area contributed by atoms with E-state index in [4.69, 9.17) is 0 Å². The quantitative estimate of drug-likeness (QED) is 0.563. The number of rotatable bonds is 4. The lowest BCUT2D eigenvalue weighted by atomic mass is 10.1. The molecule has 0 bridgehead atoms. The van der Waals surface area contributed by atoms with Crippen molar-refractivity contribution in [2.75, 3.05) is 45.2 Å². The van der Waals surface area contributed by atoms with E-state index in [1.54, 1.807) is 19.0 Å². The standard InChI is InChI=1S/C20H20F2N4O4/c1-23(2)18-6-4-14(26(29)30)12-15(18)20(28)25-9-7-24(8-10-25)19(27)13-3-5-16(21)17(22)11-13/h3-6,11-12H,7-10H2,1-2H3. The predicted molar refractivity (Wildman–Crippen MR) is 106 cm³/mol. The second-order valence-corrected chi connectivity index (χ2v) is 7.07. The van der Waals surface area contributed by atoms with Gasteiger partial charge in [0.05, 0.1) is 10.5 Å². The van der Waals surface area contributed by atoms with E-state index in [1.807, 2.05) is 0 Å². The van der Waals surface area contributed by atoms with Crippen LogP contribution in [0.4, 0.5) is 20.2 Å². The molecule has 2 amide bonds. The summed E-state index contributed by atoms with van der Waals surface area (Å²) >= 11 is 0. The molecule has 0 spiro atoms. The number of benzene rings is 2. The highest BCUT2D eigenvalue weighted by Crippen LogP contribution is 2.26. The zero-order chi connectivity index (χ0) is 22.0. The number of amides is 2. The van der Waals surface area contributed by atoms with Crippen molar-refractivity contribution in [3.63, 3.8) is 0 Å². The first-order valence-corrected chi connectivity index (χ1v) is 9.18. The number of hydrogen-bond donors (Lipinski definition) is 0. The van der Waals surface area contributed by atoms with Gasteiger partial charge in [0.15, 0.2) is 11.6 Å². The smallest absolute Gasteiger partial charge is 0.270 e. The average Bonchev–Trinajstić information content (AvgIpc) is 2.74. The van der Waals surface area contributed by atoms with Crippen LogP contribution in [0.15, 0.2) is 36.4 Å². The zero-order valence-electron chi connectivity index (χ0n) is 16.5. The summed E-state index contributed by atoms with van der Waals surface area (Å²) in [6.07, 6.45) is 0. The molecular weight excluding hydrogens is 398 g/mol. The lowest BCUT2D eigenvalue weighted by Crippen LogP contribution is -2.50. The van der Waals surface area contributed by atoms with Crippen LogP contribution in [0.25, 0.3) is 0 Å². The normalized spacial score (nSPS) is 13.9. The van der Waals surface area contributed by atoms with Crippen molar-refractivity contribution in [1.82, 2.24) is 9.80 Å². The third-order valence-corrected chi connectivity index (χ3v) is 4.92. The van der Waals surface area contributed by atoms with Crippen molar-refractivity contribution < 1.29 is 23.3 Å². The fraction of sp³-hybridized carbons (Fsp3) is 0.300. The third kappa shape index (κ3) is 4.22. The molecule has 0 radical (unpaired) electrons. The van der Waals surface area contributed by atoms with Gasteiger partial charge in [-0.1, -0.05) is 0 Å². The Morgan fingerprint density at radius 1 is 0.933 bits per heavy atom. The number of anilines is 1. The van der Waals surface area contributed by atoms with Crippen LogP contribution in [-0.2, 0) is 0 Å². The number of halogens is 2. The molecule has 30 heavy (non-hydrogen) atoms. The highest BCUT2D eigenvalue weighted by Gasteiger charge is 2.28. The van der Waals surface area contributed by atoms with E-state index in [0.717, 1.165) is 12.1 Å². The molecule has 1 fully saturated rings. The monoisotopic (exact) mass is 418 g/mol. The maximum atomic E-state index is 13.4. The Labute approximate surface area is 171 Å². The fourth-order valence-electron chi connectivity index (χ4n) is 3.29. The van der Waals surface area contributed by atoms with Crippen LogP contribution >= 0.6 is 0 Å². The van der Waals surface area contributed by atoms with Crippen molar-refractivity contribution in [3.05, 3.63) is 69.3 Å². The molecule has 0 saturated carbocycles. The number of hydrogen-bond acceptors (Lipinski definition) is 5. The SMILES string of the molecule is CN(C)c1ccc([N+](=O)[O-])cc1C(=O)N1CCN(C(=O)c2ccc(F)c(F)c2)CC1. The summed E-state index contributed by atoms with van der Waals surface area (Å²) in [4.78, 5) is 40.7. The molecule has 2 aromatic carbocycles. The molecule has 1 heterocycles. The summed E-state index contributed by atoms with van der Waals surface area (Å²) in [5.41, 5.74) is 0.596. The Hall–Kier alpha value is -3.56.